The molecule has 0 aromatic carbocycles. The number of carbonyl (C=O) groups is 1. The second-order valence-corrected chi connectivity index (χ2v) is 8.26. The smallest absolute Gasteiger partial charge is 0.289 e. The molecule has 29 heavy (non-hydrogen) atoms. The molecule has 1 saturated heterocycles. The highest BCUT2D eigenvalue weighted by molar-refractivity contribution is 5.91. The Labute approximate surface area is 169 Å². The fourth-order valence-corrected chi connectivity index (χ4v) is 4.37. The highest BCUT2D eigenvalue weighted by Crippen LogP contribution is 2.46. The monoisotopic (exact) mass is 392 g/mol. The summed E-state index contributed by atoms with van der Waals surface area (Å²) in [5.74, 6) is 2.24. The Morgan fingerprint density at radius 1 is 1.28 bits per heavy atom. The van der Waals surface area contributed by atoms with Gasteiger partial charge in [-0.2, -0.15) is 4.98 Å². The van der Waals surface area contributed by atoms with Crippen LogP contribution in [0.2, 0.25) is 0 Å². The van der Waals surface area contributed by atoms with Gasteiger partial charge in [0.25, 0.3) is 11.8 Å². The van der Waals surface area contributed by atoms with E-state index in [9.17, 15) is 4.79 Å². The second kappa shape index (κ2) is 7.09. The summed E-state index contributed by atoms with van der Waals surface area (Å²) in [6, 6.07) is 5.63. The number of imidazole rings is 1. The highest BCUT2D eigenvalue weighted by Gasteiger charge is 2.46. The zero-order chi connectivity index (χ0) is 19.8. The molecule has 0 radical (unpaired) electrons. The summed E-state index contributed by atoms with van der Waals surface area (Å²) in [6.45, 7) is 1.32. The van der Waals surface area contributed by atoms with Crippen LogP contribution in [-0.2, 0) is 12.5 Å². The number of nitrogens with zero attached hydrogens (tertiary/aromatic N) is 6. The fraction of sp³-hybridized carbons (Fsp3) is 0.476. The Morgan fingerprint density at radius 2 is 2.17 bits per heavy atom. The Hall–Kier alpha value is -3.03. The van der Waals surface area contributed by atoms with Crippen LogP contribution in [0.25, 0.3) is 11.6 Å². The van der Waals surface area contributed by atoms with Gasteiger partial charge >= 0.3 is 0 Å². The zero-order valence-corrected chi connectivity index (χ0v) is 16.5. The Balaban J connectivity index is 1.46. The Bertz CT molecular complexity index is 1010. The number of amides is 1. The van der Waals surface area contributed by atoms with Gasteiger partial charge in [0.05, 0.1) is 5.41 Å². The van der Waals surface area contributed by atoms with Crippen LogP contribution in [0.3, 0.4) is 0 Å². The number of aromatic nitrogens is 5. The molecule has 5 rings (SSSR count). The molecule has 0 N–H and O–H groups in total. The van der Waals surface area contributed by atoms with Gasteiger partial charge in [-0.15, -0.1) is 0 Å². The molecule has 1 saturated carbocycles. The van der Waals surface area contributed by atoms with Crippen LogP contribution in [0.5, 0.6) is 0 Å². The summed E-state index contributed by atoms with van der Waals surface area (Å²) in [4.78, 5) is 28.3. The summed E-state index contributed by atoms with van der Waals surface area (Å²) in [6.07, 6.45) is 10.5. The molecule has 0 spiro atoms. The Kier molecular flexibility index (Phi) is 4.41. The third kappa shape index (κ3) is 3.43. The molecule has 1 unspecified atom stereocenters. The minimum Gasteiger partial charge on any atom is -0.335 e. The lowest BCUT2D eigenvalue weighted by atomic mass is 9.74. The second-order valence-electron chi connectivity index (χ2n) is 8.26. The highest BCUT2D eigenvalue weighted by atomic mass is 16.5. The summed E-state index contributed by atoms with van der Waals surface area (Å²) in [7, 11) is 1.85. The lowest BCUT2D eigenvalue weighted by Gasteiger charge is -2.41. The normalized spacial score (nSPS) is 22.0. The van der Waals surface area contributed by atoms with Crippen molar-refractivity contribution in [1.29, 1.82) is 0 Å². The number of hydrogen-bond acceptors (Lipinski definition) is 6. The van der Waals surface area contributed by atoms with E-state index in [-0.39, 0.29) is 11.3 Å². The van der Waals surface area contributed by atoms with E-state index in [2.05, 4.69) is 15.1 Å². The van der Waals surface area contributed by atoms with Crippen molar-refractivity contribution in [3.8, 4) is 11.6 Å². The number of hydrogen-bond donors (Lipinski definition) is 0. The SMILES string of the molecule is Cn1ccnc1C(=O)N1CCCC(CC2CC2)(c2noc(-c3ccccn3)n2)C1. The number of pyridine rings is 1. The quantitative estimate of drug-likeness (QED) is 0.663. The van der Waals surface area contributed by atoms with Gasteiger partial charge in [0.2, 0.25) is 0 Å². The average Bonchev–Trinajstić information content (AvgIpc) is 3.24. The number of likely N-dealkylation sites (tertiary alicyclic amines) is 1. The molecule has 1 aliphatic heterocycles. The van der Waals surface area contributed by atoms with E-state index in [1.54, 1.807) is 23.2 Å². The van der Waals surface area contributed by atoms with Gasteiger partial charge in [0.15, 0.2) is 11.6 Å². The van der Waals surface area contributed by atoms with Gasteiger partial charge < -0.3 is 14.0 Å². The van der Waals surface area contributed by atoms with E-state index < -0.39 is 0 Å². The number of carbonyl (C=O) groups excluding carboxylic acids is 1. The minimum atomic E-state index is -0.281. The molecule has 150 valence electrons. The van der Waals surface area contributed by atoms with Crippen LogP contribution in [0.1, 0.15) is 48.5 Å². The minimum absolute atomic E-state index is 0.0363. The van der Waals surface area contributed by atoms with Crippen molar-refractivity contribution in [3.63, 3.8) is 0 Å². The van der Waals surface area contributed by atoms with Crippen molar-refractivity contribution in [3.05, 3.63) is 48.4 Å². The number of piperidine rings is 1. The van der Waals surface area contributed by atoms with Crippen molar-refractivity contribution in [2.75, 3.05) is 13.1 Å². The number of rotatable bonds is 5. The van der Waals surface area contributed by atoms with E-state index in [0.29, 0.717) is 35.7 Å². The first-order valence-electron chi connectivity index (χ1n) is 10.2. The molecule has 0 bridgehead atoms. The zero-order valence-electron chi connectivity index (χ0n) is 16.5. The van der Waals surface area contributed by atoms with Crippen LogP contribution in [-0.4, -0.2) is 48.6 Å². The predicted octanol–water partition coefficient (Wildman–Crippen LogP) is 2.84. The summed E-state index contributed by atoms with van der Waals surface area (Å²) in [5, 5.41) is 4.36. The molecule has 1 aliphatic carbocycles. The molecular formula is C21H24N6O2. The van der Waals surface area contributed by atoms with Crippen LogP contribution >= 0.6 is 0 Å². The van der Waals surface area contributed by atoms with E-state index in [1.165, 1.54) is 12.8 Å². The average molecular weight is 392 g/mol. The predicted molar refractivity (Wildman–Crippen MR) is 105 cm³/mol. The van der Waals surface area contributed by atoms with Crippen molar-refractivity contribution in [2.24, 2.45) is 13.0 Å². The van der Waals surface area contributed by atoms with Crippen LogP contribution in [0, 0.1) is 5.92 Å². The summed E-state index contributed by atoms with van der Waals surface area (Å²) >= 11 is 0. The van der Waals surface area contributed by atoms with Crippen molar-refractivity contribution in [2.45, 2.75) is 37.5 Å². The molecular weight excluding hydrogens is 368 g/mol. The van der Waals surface area contributed by atoms with E-state index in [4.69, 9.17) is 9.51 Å². The van der Waals surface area contributed by atoms with Gasteiger partial charge in [-0.3, -0.25) is 9.78 Å². The molecule has 3 aromatic heterocycles. The van der Waals surface area contributed by atoms with Crippen molar-refractivity contribution < 1.29 is 9.32 Å². The van der Waals surface area contributed by atoms with Gasteiger partial charge in [-0.05, 0) is 37.3 Å². The van der Waals surface area contributed by atoms with Crippen molar-refractivity contribution >= 4 is 5.91 Å². The van der Waals surface area contributed by atoms with Gasteiger partial charge in [0.1, 0.15) is 5.69 Å². The third-order valence-corrected chi connectivity index (χ3v) is 6.04. The van der Waals surface area contributed by atoms with Crippen molar-refractivity contribution in [1.82, 2.24) is 29.6 Å². The summed E-state index contributed by atoms with van der Waals surface area (Å²) in [5.41, 5.74) is 0.390. The van der Waals surface area contributed by atoms with Crippen LogP contribution < -0.4 is 0 Å². The van der Waals surface area contributed by atoms with E-state index in [0.717, 1.165) is 25.8 Å². The fourth-order valence-electron chi connectivity index (χ4n) is 4.37. The van der Waals surface area contributed by atoms with E-state index in [1.807, 2.05) is 30.1 Å². The maximum atomic E-state index is 13.1. The lowest BCUT2D eigenvalue weighted by molar-refractivity contribution is 0.0591. The first-order chi connectivity index (χ1) is 14.1. The maximum absolute atomic E-state index is 13.1. The molecule has 1 atom stereocenters. The summed E-state index contributed by atoms with van der Waals surface area (Å²) < 4.78 is 7.35. The first-order valence-corrected chi connectivity index (χ1v) is 10.2. The maximum Gasteiger partial charge on any atom is 0.289 e. The third-order valence-electron chi connectivity index (χ3n) is 6.04. The van der Waals surface area contributed by atoms with E-state index >= 15 is 0 Å². The molecule has 1 amide bonds. The van der Waals surface area contributed by atoms with Gasteiger partial charge in [0, 0.05) is 38.7 Å². The molecule has 2 fully saturated rings. The first kappa shape index (κ1) is 18.0. The molecule has 8 nitrogen and oxygen atoms in total. The molecule has 4 heterocycles. The molecule has 2 aliphatic rings. The largest absolute Gasteiger partial charge is 0.335 e. The lowest BCUT2D eigenvalue weighted by Crippen LogP contribution is -2.49. The van der Waals surface area contributed by atoms with Crippen LogP contribution in [0.15, 0.2) is 41.3 Å². The van der Waals surface area contributed by atoms with Gasteiger partial charge in [-0.25, -0.2) is 4.98 Å². The topological polar surface area (TPSA) is 89.9 Å². The molecule has 8 heteroatoms. The molecule has 3 aromatic rings. The van der Waals surface area contributed by atoms with Gasteiger partial charge in [-0.1, -0.05) is 24.1 Å². The standard InChI is InChI=1S/C21H24N6O2/c1-26-12-10-23-17(26)19(28)27-11-4-8-21(14-27,13-15-6-7-15)20-24-18(29-25-20)16-5-2-3-9-22-16/h2-3,5,9-10,12,15H,4,6-8,11,13-14H2,1H3. The van der Waals surface area contributed by atoms with Crippen LogP contribution in [0.4, 0.5) is 0 Å². The number of aryl methyl sites for hydroxylation is 1. The Morgan fingerprint density at radius 3 is 2.90 bits per heavy atom.